The number of alkyl halides is 2. The Hall–Kier alpha value is -3.34. The van der Waals surface area contributed by atoms with Crippen LogP contribution in [-0.4, -0.2) is 56.9 Å². The minimum atomic E-state index is -2.53. The van der Waals surface area contributed by atoms with Gasteiger partial charge in [-0.1, -0.05) is 6.07 Å². The highest BCUT2D eigenvalue weighted by atomic mass is 19.3. The first-order valence-corrected chi connectivity index (χ1v) is 12.1. The summed E-state index contributed by atoms with van der Waals surface area (Å²) >= 11 is 0. The van der Waals surface area contributed by atoms with Crippen molar-refractivity contribution in [3.63, 3.8) is 0 Å². The number of aromatic nitrogens is 5. The van der Waals surface area contributed by atoms with Crippen LogP contribution in [0, 0.1) is 18.2 Å². The molecule has 2 aliphatic rings. The molecule has 0 unspecified atom stereocenters. The third-order valence-corrected chi connectivity index (χ3v) is 7.49. The highest BCUT2D eigenvalue weighted by molar-refractivity contribution is 5.90. The number of rotatable bonds is 6. The Labute approximate surface area is 205 Å². The van der Waals surface area contributed by atoms with Gasteiger partial charge in [0.25, 0.3) is 6.43 Å². The fourth-order valence-electron chi connectivity index (χ4n) is 5.50. The minimum absolute atomic E-state index is 0.221. The molecule has 1 saturated heterocycles. The number of hydrogen-bond acceptors (Lipinski definition) is 6. The normalized spacial score (nSPS) is 17.8. The van der Waals surface area contributed by atoms with E-state index >= 15 is 4.39 Å². The third kappa shape index (κ3) is 3.85. The number of aryl methyl sites for hydroxylation is 1. The maximum absolute atomic E-state index is 15.3. The van der Waals surface area contributed by atoms with Crippen molar-refractivity contribution in [2.75, 3.05) is 25.6 Å². The van der Waals surface area contributed by atoms with Gasteiger partial charge >= 0.3 is 0 Å². The zero-order chi connectivity index (χ0) is 25.0. The third-order valence-electron chi connectivity index (χ3n) is 7.49. The molecule has 1 aliphatic carbocycles. The van der Waals surface area contributed by atoms with Crippen LogP contribution in [0.2, 0.25) is 0 Å². The molecule has 190 valence electrons. The molecule has 0 amide bonds. The highest BCUT2D eigenvalue weighted by Crippen LogP contribution is 2.43. The Morgan fingerprint density at radius 2 is 2.00 bits per heavy atom. The van der Waals surface area contributed by atoms with Gasteiger partial charge in [0.2, 0.25) is 11.8 Å². The first-order chi connectivity index (χ1) is 17.4. The van der Waals surface area contributed by atoms with E-state index in [1.54, 1.807) is 25.1 Å². The van der Waals surface area contributed by atoms with Crippen molar-refractivity contribution < 1.29 is 22.6 Å². The first-order valence-electron chi connectivity index (χ1n) is 12.1. The molecule has 8 nitrogen and oxygen atoms in total. The molecule has 1 spiro atoms. The van der Waals surface area contributed by atoms with Gasteiger partial charge in [-0.2, -0.15) is 4.98 Å². The molecule has 4 aromatic rings. The molecule has 1 saturated carbocycles. The quantitative estimate of drug-likeness (QED) is 0.408. The predicted octanol–water partition coefficient (Wildman–Crippen LogP) is 4.84. The molecule has 0 bridgehead atoms. The molecule has 1 aliphatic heterocycles. The van der Waals surface area contributed by atoms with E-state index < -0.39 is 18.8 Å². The van der Waals surface area contributed by atoms with E-state index in [0.29, 0.717) is 39.3 Å². The zero-order valence-corrected chi connectivity index (χ0v) is 20.1. The predicted molar refractivity (Wildman–Crippen MR) is 128 cm³/mol. The Morgan fingerprint density at radius 1 is 1.22 bits per heavy atom. The number of anilines is 1. The standard InChI is InChI=1S/C25H27F3N6O2/c1-14-29-18-4-3-15(9-19(18)33(14)11-20(27)28)21-17(26)10-34-22(21)23(35-2)31-24(32-34)30-16-5-7-25(8-6-16)12-36-13-25/h3-4,9-10,16,20H,5-8,11-13H2,1-2H3,(H,30,32). The van der Waals surface area contributed by atoms with Gasteiger partial charge in [0.15, 0.2) is 5.82 Å². The molecule has 0 radical (unpaired) electrons. The first kappa shape index (κ1) is 23.1. The molecular weight excluding hydrogens is 473 g/mol. The van der Waals surface area contributed by atoms with Crippen LogP contribution in [0.15, 0.2) is 24.4 Å². The van der Waals surface area contributed by atoms with Gasteiger partial charge in [-0.3, -0.25) is 0 Å². The van der Waals surface area contributed by atoms with Crippen molar-refractivity contribution >= 4 is 22.5 Å². The zero-order valence-electron chi connectivity index (χ0n) is 20.1. The van der Waals surface area contributed by atoms with Gasteiger partial charge in [0, 0.05) is 11.5 Å². The second-order valence-corrected chi connectivity index (χ2v) is 9.87. The lowest BCUT2D eigenvalue weighted by Crippen LogP contribution is -2.47. The second-order valence-electron chi connectivity index (χ2n) is 9.87. The Balaban J connectivity index is 1.36. The molecule has 0 atom stereocenters. The molecular formula is C25H27F3N6O2. The van der Waals surface area contributed by atoms with E-state index in [4.69, 9.17) is 9.47 Å². The van der Waals surface area contributed by atoms with Crippen LogP contribution in [-0.2, 0) is 11.3 Å². The Bertz CT molecular complexity index is 1440. The van der Waals surface area contributed by atoms with Gasteiger partial charge in [-0.05, 0) is 50.3 Å². The average Bonchev–Trinajstić information content (AvgIpc) is 3.32. The number of halogens is 3. The van der Waals surface area contributed by atoms with Gasteiger partial charge < -0.3 is 19.4 Å². The lowest BCUT2D eigenvalue weighted by molar-refractivity contribution is -0.131. The molecule has 6 rings (SSSR count). The largest absolute Gasteiger partial charge is 0.479 e. The maximum atomic E-state index is 15.3. The number of benzene rings is 1. The van der Waals surface area contributed by atoms with Crippen molar-refractivity contribution in [3.05, 3.63) is 36.0 Å². The molecule has 1 aromatic carbocycles. The summed E-state index contributed by atoms with van der Waals surface area (Å²) in [6, 6.07) is 5.31. The second kappa shape index (κ2) is 8.65. The van der Waals surface area contributed by atoms with E-state index in [1.807, 2.05) is 0 Å². The van der Waals surface area contributed by atoms with E-state index in [0.717, 1.165) is 38.9 Å². The fraction of sp³-hybridized carbons (Fsp3) is 0.480. The van der Waals surface area contributed by atoms with Crippen molar-refractivity contribution in [1.82, 2.24) is 24.1 Å². The minimum Gasteiger partial charge on any atom is -0.479 e. The number of nitrogens with zero attached hydrogens (tertiary/aromatic N) is 5. The van der Waals surface area contributed by atoms with Gasteiger partial charge in [0.05, 0.1) is 49.7 Å². The summed E-state index contributed by atoms with van der Waals surface area (Å²) in [5.41, 5.74) is 2.52. The van der Waals surface area contributed by atoms with Crippen LogP contribution in [0.5, 0.6) is 5.88 Å². The van der Waals surface area contributed by atoms with Crippen LogP contribution in [0.1, 0.15) is 31.5 Å². The van der Waals surface area contributed by atoms with Crippen molar-refractivity contribution in [3.8, 4) is 17.0 Å². The van der Waals surface area contributed by atoms with Crippen LogP contribution < -0.4 is 10.1 Å². The number of imidazole rings is 1. The van der Waals surface area contributed by atoms with Gasteiger partial charge in [-0.15, -0.1) is 5.10 Å². The summed E-state index contributed by atoms with van der Waals surface area (Å²) in [6.07, 6.45) is 2.92. The molecule has 4 heterocycles. The summed E-state index contributed by atoms with van der Waals surface area (Å²) in [4.78, 5) is 8.89. The monoisotopic (exact) mass is 500 g/mol. The molecule has 36 heavy (non-hydrogen) atoms. The lowest BCUT2D eigenvalue weighted by Gasteiger charge is -2.46. The Kier molecular flexibility index (Phi) is 5.55. The maximum Gasteiger partial charge on any atom is 0.256 e. The smallest absolute Gasteiger partial charge is 0.256 e. The fourth-order valence-corrected chi connectivity index (χ4v) is 5.50. The number of hydrogen-bond donors (Lipinski definition) is 1. The molecule has 3 aromatic heterocycles. The Morgan fingerprint density at radius 3 is 2.67 bits per heavy atom. The van der Waals surface area contributed by atoms with E-state index in [9.17, 15) is 8.78 Å². The summed E-state index contributed by atoms with van der Waals surface area (Å²) < 4.78 is 55.5. The number of nitrogens with one attached hydrogen (secondary N) is 1. The van der Waals surface area contributed by atoms with Gasteiger partial charge in [0.1, 0.15) is 11.3 Å². The van der Waals surface area contributed by atoms with Crippen LogP contribution in [0.25, 0.3) is 27.7 Å². The van der Waals surface area contributed by atoms with E-state index in [-0.39, 0.29) is 17.5 Å². The topological polar surface area (TPSA) is 78.5 Å². The number of fused-ring (bicyclic) bond motifs is 2. The van der Waals surface area contributed by atoms with Crippen LogP contribution in [0.3, 0.4) is 0 Å². The lowest BCUT2D eigenvalue weighted by atomic mass is 9.71. The summed E-state index contributed by atoms with van der Waals surface area (Å²) in [6.45, 7) is 2.88. The number of methoxy groups -OCH3 is 1. The molecule has 2 fully saturated rings. The summed E-state index contributed by atoms with van der Waals surface area (Å²) in [5.74, 6) is 0.552. The van der Waals surface area contributed by atoms with Gasteiger partial charge in [-0.25, -0.2) is 22.7 Å². The van der Waals surface area contributed by atoms with Crippen LogP contribution in [0.4, 0.5) is 19.1 Å². The van der Waals surface area contributed by atoms with Crippen molar-refractivity contribution in [2.45, 2.75) is 51.6 Å². The van der Waals surface area contributed by atoms with Crippen molar-refractivity contribution in [1.29, 1.82) is 0 Å². The van der Waals surface area contributed by atoms with Crippen LogP contribution >= 0.6 is 0 Å². The molecule has 1 N–H and O–H groups in total. The summed E-state index contributed by atoms with van der Waals surface area (Å²) in [7, 11) is 1.48. The van der Waals surface area contributed by atoms with E-state index in [1.165, 1.54) is 22.4 Å². The molecule has 11 heteroatoms. The number of ether oxygens (including phenoxy) is 2. The summed E-state index contributed by atoms with van der Waals surface area (Å²) in [5, 5.41) is 7.90. The highest BCUT2D eigenvalue weighted by Gasteiger charge is 2.41. The average molecular weight is 501 g/mol. The van der Waals surface area contributed by atoms with Crippen molar-refractivity contribution in [2.24, 2.45) is 5.41 Å². The SMILES string of the molecule is COc1nc(NC2CCC3(CC2)COC3)nn2cc(F)c(-c3ccc4nc(C)n(CC(F)F)c4c3)c12. The van der Waals surface area contributed by atoms with E-state index in [2.05, 4.69) is 20.4 Å².